The molecule has 162 valence electrons. The molecular formula is C24H21FN4O2S. The Morgan fingerprint density at radius 2 is 1.81 bits per heavy atom. The third-order valence-electron chi connectivity index (χ3n) is 4.87. The van der Waals surface area contributed by atoms with Crippen LogP contribution in [0.4, 0.5) is 4.39 Å². The van der Waals surface area contributed by atoms with Crippen LogP contribution >= 0.6 is 11.3 Å². The molecule has 4 rings (SSSR count). The van der Waals surface area contributed by atoms with Crippen molar-refractivity contribution in [2.75, 3.05) is 0 Å². The van der Waals surface area contributed by atoms with Gasteiger partial charge in [-0.3, -0.25) is 9.59 Å². The summed E-state index contributed by atoms with van der Waals surface area (Å²) < 4.78 is 15.1. The molecule has 0 aliphatic rings. The van der Waals surface area contributed by atoms with E-state index in [1.54, 1.807) is 41.3 Å². The van der Waals surface area contributed by atoms with E-state index in [1.807, 2.05) is 36.5 Å². The van der Waals surface area contributed by atoms with E-state index in [-0.39, 0.29) is 24.2 Å². The molecule has 32 heavy (non-hydrogen) atoms. The summed E-state index contributed by atoms with van der Waals surface area (Å²) in [5.41, 5.74) is 3.02. The molecule has 0 aliphatic carbocycles. The van der Waals surface area contributed by atoms with E-state index in [4.69, 9.17) is 0 Å². The molecular weight excluding hydrogens is 427 g/mol. The van der Waals surface area contributed by atoms with Gasteiger partial charge in [-0.1, -0.05) is 24.3 Å². The van der Waals surface area contributed by atoms with Crippen LogP contribution in [0.3, 0.4) is 0 Å². The van der Waals surface area contributed by atoms with E-state index in [1.165, 1.54) is 23.5 Å². The van der Waals surface area contributed by atoms with Crippen molar-refractivity contribution >= 4 is 23.2 Å². The van der Waals surface area contributed by atoms with Gasteiger partial charge in [-0.15, -0.1) is 11.3 Å². The third-order valence-corrected chi connectivity index (χ3v) is 5.74. The number of benzene rings is 2. The number of nitrogens with zero attached hydrogens (tertiary/aromatic N) is 2. The normalized spacial score (nSPS) is 11.7. The van der Waals surface area contributed by atoms with Crippen molar-refractivity contribution in [2.24, 2.45) is 0 Å². The number of thiophene rings is 1. The lowest BCUT2D eigenvalue weighted by atomic mass is 10.1. The van der Waals surface area contributed by atoms with Gasteiger partial charge in [-0.25, -0.2) is 9.07 Å². The number of carbonyl (C=O) groups excluding carboxylic acids is 2. The second-order valence-electron chi connectivity index (χ2n) is 7.18. The van der Waals surface area contributed by atoms with Crippen molar-refractivity contribution in [3.8, 4) is 16.9 Å². The minimum atomic E-state index is -0.706. The summed E-state index contributed by atoms with van der Waals surface area (Å²) in [7, 11) is 0. The van der Waals surface area contributed by atoms with Crippen LogP contribution in [0.2, 0.25) is 0 Å². The molecule has 2 N–H and O–H groups in total. The van der Waals surface area contributed by atoms with E-state index >= 15 is 0 Å². The molecule has 6 nitrogen and oxygen atoms in total. The Hall–Kier alpha value is -3.78. The molecule has 0 radical (unpaired) electrons. The fraction of sp³-hybridized carbons (Fsp3) is 0.125. The number of carbonyl (C=O) groups is 2. The number of amides is 2. The zero-order valence-corrected chi connectivity index (χ0v) is 18.1. The first-order valence-corrected chi connectivity index (χ1v) is 10.9. The lowest BCUT2D eigenvalue weighted by molar-refractivity contribution is -0.122. The standard InChI is InChI=1S/C24H21FN4O2S/c1-16(27-24(31)21-8-5-13-32-21)23(30)26-14-18-15-29(20-6-3-2-4-7-20)28-22(18)17-9-11-19(25)12-10-17/h2-13,15-16H,14H2,1H3,(H,26,30)(H,27,31). The summed E-state index contributed by atoms with van der Waals surface area (Å²) in [5, 5.41) is 12.0. The summed E-state index contributed by atoms with van der Waals surface area (Å²) in [6, 6.07) is 18.4. The first-order chi connectivity index (χ1) is 15.5. The Morgan fingerprint density at radius 1 is 1.06 bits per heavy atom. The second kappa shape index (κ2) is 9.57. The van der Waals surface area contributed by atoms with Crippen LogP contribution in [0.25, 0.3) is 16.9 Å². The third kappa shape index (κ3) is 4.92. The Bertz CT molecular complexity index is 1200. The minimum absolute atomic E-state index is 0.206. The number of rotatable bonds is 7. The van der Waals surface area contributed by atoms with E-state index in [0.717, 1.165) is 16.8 Å². The molecule has 1 atom stereocenters. The quantitative estimate of drug-likeness (QED) is 0.446. The van der Waals surface area contributed by atoms with Crippen LogP contribution in [0.1, 0.15) is 22.2 Å². The lowest BCUT2D eigenvalue weighted by Gasteiger charge is -2.13. The van der Waals surface area contributed by atoms with Crippen LogP contribution in [0, 0.1) is 5.82 Å². The smallest absolute Gasteiger partial charge is 0.261 e. The highest BCUT2D eigenvalue weighted by molar-refractivity contribution is 7.12. The Balaban J connectivity index is 1.51. The average Bonchev–Trinajstić information content (AvgIpc) is 3.49. The summed E-state index contributed by atoms with van der Waals surface area (Å²) in [6.45, 7) is 1.84. The van der Waals surface area contributed by atoms with Crippen LogP contribution in [-0.2, 0) is 11.3 Å². The molecule has 0 aliphatic heterocycles. The Morgan fingerprint density at radius 3 is 2.50 bits per heavy atom. The number of hydrogen-bond acceptors (Lipinski definition) is 4. The molecule has 1 unspecified atom stereocenters. The van der Waals surface area contributed by atoms with Crippen molar-refractivity contribution in [1.82, 2.24) is 20.4 Å². The Kier molecular flexibility index (Phi) is 6.42. The maximum atomic E-state index is 13.4. The van der Waals surface area contributed by atoms with Crippen LogP contribution in [-0.4, -0.2) is 27.6 Å². The lowest BCUT2D eigenvalue weighted by Crippen LogP contribution is -2.44. The molecule has 4 aromatic rings. The molecule has 2 aromatic heterocycles. The number of nitrogens with one attached hydrogen (secondary N) is 2. The topological polar surface area (TPSA) is 76.0 Å². The van der Waals surface area contributed by atoms with E-state index in [0.29, 0.717) is 10.6 Å². The van der Waals surface area contributed by atoms with Gasteiger partial charge in [0.1, 0.15) is 11.9 Å². The maximum Gasteiger partial charge on any atom is 0.261 e. The van der Waals surface area contributed by atoms with Crippen LogP contribution in [0.15, 0.2) is 78.3 Å². The molecule has 0 saturated carbocycles. The first-order valence-electron chi connectivity index (χ1n) is 10.0. The fourth-order valence-corrected chi connectivity index (χ4v) is 3.81. The highest BCUT2D eigenvalue weighted by atomic mass is 32.1. The van der Waals surface area contributed by atoms with Gasteiger partial charge in [-0.05, 0) is 54.8 Å². The van der Waals surface area contributed by atoms with Crippen molar-refractivity contribution in [3.05, 3.63) is 94.6 Å². The van der Waals surface area contributed by atoms with Gasteiger partial charge in [0.2, 0.25) is 5.91 Å². The van der Waals surface area contributed by atoms with Crippen LogP contribution < -0.4 is 10.6 Å². The van der Waals surface area contributed by atoms with Gasteiger partial charge in [0.05, 0.1) is 16.3 Å². The summed E-state index contributed by atoms with van der Waals surface area (Å²) in [5.74, 6) is -0.930. The molecule has 2 heterocycles. The highest BCUT2D eigenvalue weighted by Gasteiger charge is 2.19. The summed E-state index contributed by atoms with van der Waals surface area (Å²) >= 11 is 1.31. The van der Waals surface area contributed by atoms with Gasteiger partial charge in [0.15, 0.2) is 0 Å². The zero-order chi connectivity index (χ0) is 22.5. The number of halogens is 1. The van der Waals surface area contributed by atoms with Crippen molar-refractivity contribution in [2.45, 2.75) is 19.5 Å². The predicted molar refractivity (Wildman–Crippen MR) is 122 cm³/mol. The van der Waals surface area contributed by atoms with Gasteiger partial charge >= 0.3 is 0 Å². The van der Waals surface area contributed by atoms with Gasteiger partial charge in [0, 0.05) is 23.9 Å². The number of aromatic nitrogens is 2. The largest absolute Gasteiger partial charge is 0.350 e. The second-order valence-corrected chi connectivity index (χ2v) is 8.13. The molecule has 2 aromatic carbocycles. The van der Waals surface area contributed by atoms with Gasteiger partial charge < -0.3 is 10.6 Å². The maximum absolute atomic E-state index is 13.4. The molecule has 8 heteroatoms. The fourth-order valence-electron chi connectivity index (χ4n) is 3.18. The molecule has 0 spiro atoms. The van der Waals surface area contributed by atoms with Gasteiger partial charge in [-0.2, -0.15) is 5.10 Å². The molecule has 0 bridgehead atoms. The molecule has 2 amide bonds. The molecule has 0 saturated heterocycles. The first kappa shape index (κ1) is 21.5. The highest BCUT2D eigenvalue weighted by Crippen LogP contribution is 2.24. The molecule has 0 fully saturated rings. The zero-order valence-electron chi connectivity index (χ0n) is 17.3. The number of para-hydroxylation sites is 1. The van der Waals surface area contributed by atoms with E-state index < -0.39 is 6.04 Å². The van der Waals surface area contributed by atoms with Gasteiger partial charge in [0.25, 0.3) is 5.91 Å². The average molecular weight is 449 g/mol. The van der Waals surface area contributed by atoms with Crippen molar-refractivity contribution in [3.63, 3.8) is 0 Å². The monoisotopic (exact) mass is 448 g/mol. The van der Waals surface area contributed by atoms with Crippen LogP contribution in [0.5, 0.6) is 0 Å². The predicted octanol–water partition coefficient (Wildman–Crippen LogP) is 4.17. The summed E-state index contributed by atoms with van der Waals surface area (Å²) in [6.07, 6.45) is 1.84. The Labute approximate surface area is 188 Å². The van der Waals surface area contributed by atoms with Crippen molar-refractivity contribution < 1.29 is 14.0 Å². The number of hydrogen-bond donors (Lipinski definition) is 2. The SMILES string of the molecule is CC(NC(=O)c1cccs1)C(=O)NCc1cn(-c2ccccc2)nc1-c1ccc(F)cc1. The summed E-state index contributed by atoms with van der Waals surface area (Å²) in [4.78, 5) is 25.3. The van der Waals surface area contributed by atoms with E-state index in [2.05, 4.69) is 15.7 Å². The van der Waals surface area contributed by atoms with Crippen molar-refractivity contribution in [1.29, 1.82) is 0 Å². The van der Waals surface area contributed by atoms with E-state index in [9.17, 15) is 14.0 Å². The minimum Gasteiger partial charge on any atom is -0.350 e.